The molecular formula is C22H16N2O3. The lowest BCUT2D eigenvalue weighted by Crippen LogP contribution is -2.20. The van der Waals surface area contributed by atoms with Gasteiger partial charge in [0.1, 0.15) is 17.1 Å². The molecule has 0 unspecified atom stereocenters. The molecule has 4 rings (SSSR count). The van der Waals surface area contributed by atoms with Gasteiger partial charge in [-0.3, -0.25) is 9.59 Å². The third kappa shape index (κ3) is 3.18. The number of phenols is 1. The van der Waals surface area contributed by atoms with E-state index in [9.17, 15) is 14.7 Å². The SMILES string of the molecule is O=C(C(C(=O)c1cccc(O)c1)=C1Nc2ccccc2N1)c1ccccc1. The molecule has 0 atom stereocenters. The van der Waals surface area contributed by atoms with Crippen LogP contribution >= 0.6 is 0 Å². The lowest BCUT2D eigenvalue weighted by molar-refractivity contribution is 0.0961. The maximum atomic E-state index is 13.2. The summed E-state index contributed by atoms with van der Waals surface area (Å²) in [7, 11) is 0. The molecule has 5 nitrogen and oxygen atoms in total. The number of fused-ring (bicyclic) bond motifs is 1. The van der Waals surface area contributed by atoms with Gasteiger partial charge in [0, 0.05) is 11.1 Å². The van der Waals surface area contributed by atoms with Gasteiger partial charge in [-0.2, -0.15) is 0 Å². The minimum Gasteiger partial charge on any atom is -0.508 e. The maximum Gasteiger partial charge on any atom is 0.200 e. The van der Waals surface area contributed by atoms with Crippen LogP contribution in [0.25, 0.3) is 0 Å². The standard InChI is InChI=1S/C22H16N2O3/c25-16-10-6-9-15(13-16)21(27)19(20(26)14-7-2-1-3-8-14)22-23-17-11-4-5-12-18(17)24-22/h1-13,23-25H. The lowest BCUT2D eigenvalue weighted by Gasteiger charge is -2.11. The molecule has 0 spiro atoms. The number of aromatic hydroxyl groups is 1. The van der Waals surface area contributed by atoms with Crippen molar-refractivity contribution in [3.05, 3.63) is 101 Å². The first-order chi connectivity index (χ1) is 13.1. The predicted octanol–water partition coefficient (Wildman–Crippen LogP) is 4.21. The first-order valence-corrected chi connectivity index (χ1v) is 8.44. The molecular weight excluding hydrogens is 340 g/mol. The molecule has 0 fully saturated rings. The normalized spacial score (nSPS) is 11.9. The summed E-state index contributed by atoms with van der Waals surface area (Å²) in [5.74, 6) is -0.569. The Morgan fingerprint density at radius 3 is 1.85 bits per heavy atom. The van der Waals surface area contributed by atoms with E-state index >= 15 is 0 Å². The van der Waals surface area contributed by atoms with Crippen molar-refractivity contribution in [2.24, 2.45) is 0 Å². The van der Waals surface area contributed by atoms with Crippen molar-refractivity contribution in [3.63, 3.8) is 0 Å². The minimum absolute atomic E-state index is 0.0111. The fourth-order valence-corrected chi connectivity index (χ4v) is 2.98. The second-order valence-corrected chi connectivity index (χ2v) is 6.12. The van der Waals surface area contributed by atoms with E-state index in [4.69, 9.17) is 0 Å². The number of hydrogen-bond donors (Lipinski definition) is 3. The highest BCUT2D eigenvalue weighted by Gasteiger charge is 2.29. The van der Waals surface area contributed by atoms with E-state index in [1.54, 1.807) is 36.4 Å². The summed E-state index contributed by atoms with van der Waals surface area (Å²) in [6.45, 7) is 0. The number of hydrogen-bond acceptors (Lipinski definition) is 5. The van der Waals surface area contributed by atoms with E-state index in [0.717, 1.165) is 11.4 Å². The molecule has 0 amide bonds. The van der Waals surface area contributed by atoms with Crippen LogP contribution in [-0.4, -0.2) is 16.7 Å². The molecule has 1 aliphatic heterocycles. The highest BCUT2D eigenvalue weighted by molar-refractivity contribution is 6.32. The Hall–Kier alpha value is -3.86. The number of benzene rings is 3. The van der Waals surface area contributed by atoms with Gasteiger partial charge in [0.15, 0.2) is 0 Å². The molecule has 3 N–H and O–H groups in total. The topological polar surface area (TPSA) is 78.4 Å². The third-order valence-electron chi connectivity index (χ3n) is 4.29. The molecule has 27 heavy (non-hydrogen) atoms. The predicted molar refractivity (Wildman–Crippen MR) is 104 cm³/mol. The van der Waals surface area contributed by atoms with E-state index in [1.165, 1.54) is 12.1 Å². The Morgan fingerprint density at radius 2 is 1.22 bits per heavy atom. The highest BCUT2D eigenvalue weighted by Crippen LogP contribution is 2.32. The molecule has 3 aromatic rings. The fraction of sp³-hybridized carbons (Fsp3) is 0. The van der Waals surface area contributed by atoms with Crippen molar-refractivity contribution < 1.29 is 14.7 Å². The average molecular weight is 356 g/mol. The van der Waals surface area contributed by atoms with Gasteiger partial charge in [-0.15, -0.1) is 0 Å². The quantitative estimate of drug-likeness (QED) is 0.282. The van der Waals surface area contributed by atoms with E-state index in [0.29, 0.717) is 11.4 Å². The Balaban J connectivity index is 1.83. The number of allylic oxidation sites excluding steroid dienone is 1. The van der Waals surface area contributed by atoms with E-state index in [1.807, 2.05) is 30.3 Å². The number of nitrogens with one attached hydrogen (secondary N) is 2. The van der Waals surface area contributed by atoms with Gasteiger partial charge >= 0.3 is 0 Å². The Labute approximate surface area is 156 Å². The van der Waals surface area contributed by atoms with Gasteiger partial charge in [0.2, 0.25) is 11.6 Å². The molecule has 1 aliphatic rings. The Kier molecular flexibility index (Phi) is 4.18. The van der Waals surface area contributed by atoms with Gasteiger partial charge in [-0.1, -0.05) is 54.6 Å². The zero-order chi connectivity index (χ0) is 18.8. The van der Waals surface area contributed by atoms with Gasteiger partial charge in [-0.25, -0.2) is 0 Å². The molecule has 0 radical (unpaired) electrons. The van der Waals surface area contributed by atoms with Crippen molar-refractivity contribution >= 4 is 22.9 Å². The van der Waals surface area contributed by atoms with E-state index < -0.39 is 11.6 Å². The van der Waals surface area contributed by atoms with E-state index in [-0.39, 0.29) is 16.9 Å². The third-order valence-corrected chi connectivity index (χ3v) is 4.29. The van der Waals surface area contributed by atoms with Crippen LogP contribution in [0.2, 0.25) is 0 Å². The summed E-state index contributed by atoms with van der Waals surface area (Å²) in [6, 6.07) is 22.1. The number of para-hydroxylation sites is 2. The summed E-state index contributed by atoms with van der Waals surface area (Å²) < 4.78 is 0. The molecule has 0 saturated carbocycles. The first-order valence-electron chi connectivity index (χ1n) is 8.44. The largest absolute Gasteiger partial charge is 0.508 e. The number of anilines is 2. The van der Waals surface area contributed by atoms with Crippen molar-refractivity contribution in [3.8, 4) is 5.75 Å². The molecule has 0 aromatic heterocycles. The summed E-state index contributed by atoms with van der Waals surface area (Å²) in [5, 5.41) is 16.0. The number of carbonyl (C=O) groups is 2. The molecule has 0 saturated heterocycles. The lowest BCUT2D eigenvalue weighted by atomic mass is 9.95. The van der Waals surface area contributed by atoms with Crippen LogP contribution in [0.1, 0.15) is 20.7 Å². The van der Waals surface area contributed by atoms with Crippen molar-refractivity contribution in [2.75, 3.05) is 10.6 Å². The monoisotopic (exact) mass is 356 g/mol. The van der Waals surface area contributed by atoms with Crippen molar-refractivity contribution in [1.29, 1.82) is 0 Å². The summed E-state index contributed by atoms with van der Waals surface area (Å²) in [5.41, 5.74) is 2.21. The number of rotatable bonds is 4. The maximum absolute atomic E-state index is 13.2. The van der Waals surface area contributed by atoms with Crippen LogP contribution in [0.4, 0.5) is 11.4 Å². The first kappa shape index (κ1) is 16.6. The van der Waals surface area contributed by atoms with Crippen LogP contribution in [0.5, 0.6) is 5.75 Å². The van der Waals surface area contributed by atoms with Crippen LogP contribution in [0, 0.1) is 0 Å². The smallest absolute Gasteiger partial charge is 0.200 e. The molecule has 0 bridgehead atoms. The summed E-state index contributed by atoms with van der Waals surface area (Å²) in [4.78, 5) is 26.3. The van der Waals surface area contributed by atoms with Gasteiger partial charge < -0.3 is 15.7 Å². The molecule has 1 heterocycles. The second-order valence-electron chi connectivity index (χ2n) is 6.12. The number of carbonyl (C=O) groups excluding carboxylic acids is 2. The van der Waals surface area contributed by atoms with Gasteiger partial charge in [-0.05, 0) is 24.3 Å². The Morgan fingerprint density at radius 1 is 0.667 bits per heavy atom. The number of Topliss-reactive ketones (excluding diaryl/α,β-unsaturated/α-hetero) is 2. The van der Waals surface area contributed by atoms with Crippen LogP contribution in [-0.2, 0) is 0 Å². The number of phenolic OH excluding ortho intramolecular Hbond substituents is 1. The average Bonchev–Trinajstić information content (AvgIpc) is 3.12. The molecule has 0 aliphatic carbocycles. The fourth-order valence-electron chi connectivity index (χ4n) is 2.98. The highest BCUT2D eigenvalue weighted by atomic mass is 16.3. The zero-order valence-corrected chi connectivity index (χ0v) is 14.3. The van der Waals surface area contributed by atoms with Crippen LogP contribution in [0.15, 0.2) is 90.3 Å². The minimum atomic E-state index is -0.470. The van der Waals surface area contributed by atoms with E-state index in [2.05, 4.69) is 10.6 Å². The zero-order valence-electron chi connectivity index (χ0n) is 14.3. The molecule has 5 heteroatoms. The molecule has 3 aromatic carbocycles. The number of ketones is 2. The van der Waals surface area contributed by atoms with Crippen LogP contribution in [0.3, 0.4) is 0 Å². The van der Waals surface area contributed by atoms with Crippen LogP contribution < -0.4 is 10.6 Å². The van der Waals surface area contributed by atoms with Gasteiger partial charge in [0.25, 0.3) is 0 Å². The Bertz CT molecular complexity index is 1040. The second kappa shape index (κ2) is 6.80. The summed E-state index contributed by atoms with van der Waals surface area (Å²) in [6.07, 6.45) is 0. The van der Waals surface area contributed by atoms with Crippen molar-refractivity contribution in [2.45, 2.75) is 0 Å². The molecule has 132 valence electrons. The summed E-state index contributed by atoms with van der Waals surface area (Å²) >= 11 is 0. The van der Waals surface area contributed by atoms with Gasteiger partial charge in [0.05, 0.1) is 11.4 Å². The van der Waals surface area contributed by atoms with Crippen molar-refractivity contribution in [1.82, 2.24) is 0 Å².